The van der Waals surface area contributed by atoms with Crippen LogP contribution in [-0.4, -0.2) is 41.7 Å². The Hall–Kier alpha value is -3.61. The van der Waals surface area contributed by atoms with Gasteiger partial charge in [0.05, 0.1) is 14.2 Å². The Morgan fingerprint density at radius 3 is 2.39 bits per heavy atom. The maximum atomic E-state index is 13.0. The maximum Gasteiger partial charge on any atom is 0.328 e. The van der Waals surface area contributed by atoms with Gasteiger partial charge in [-0.25, -0.2) is 9.78 Å². The van der Waals surface area contributed by atoms with Crippen molar-refractivity contribution >= 4 is 11.9 Å². The number of aromatic nitrogens is 2. The fourth-order valence-corrected chi connectivity index (χ4v) is 3.36. The van der Waals surface area contributed by atoms with E-state index >= 15 is 0 Å². The Morgan fingerprint density at radius 1 is 1.03 bits per heavy atom. The summed E-state index contributed by atoms with van der Waals surface area (Å²) in [6.45, 7) is 1.78. The van der Waals surface area contributed by atoms with E-state index in [0.29, 0.717) is 12.8 Å². The van der Waals surface area contributed by atoms with Crippen molar-refractivity contribution in [2.45, 2.75) is 31.8 Å². The highest BCUT2D eigenvalue weighted by molar-refractivity contribution is 5.86. The number of esters is 1. The average molecular weight is 421 g/mol. The molecule has 3 rings (SSSR count). The molecule has 1 amide bonds. The minimum atomic E-state index is -0.797. The molecule has 1 unspecified atom stereocenters. The average Bonchev–Trinajstić information content (AvgIpc) is 3.26. The van der Waals surface area contributed by atoms with E-state index in [0.717, 1.165) is 22.7 Å². The van der Waals surface area contributed by atoms with E-state index in [1.807, 2.05) is 59.2 Å². The van der Waals surface area contributed by atoms with Crippen LogP contribution in [0.3, 0.4) is 0 Å². The summed E-state index contributed by atoms with van der Waals surface area (Å²) in [5.74, 6) is 0.725. The number of carbonyl (C=O) groups excluding carboxylic acids is 2. The first-order chi connectivity index (χ1) is 15.0. The van der Waals surface area contributed by atoms with Crippen LogP contribution in [0.2, 0.25) is 0 Å². The van der Waals surface area contributed by atoms with Gasteiger partial charge in [0.1, 0.15) is 23.7 Å². The molecule has 1 aromatic heterocycles. The lowest BCUT2D eigenvalue weighted by molar-refractivity contribution is -0.145. The number of methoxy groups -OCH3 is 2. The molecule has 0 aliphatic heterocycles. The lowest BCUT2D eigenvalue weighted by Crippen LogP contribution is -2.45. The topological polar surface area (TPSA) is 82.5 Å². The van der Waals surface area contributed by atoms with Crippen LogP contribution in [0, 0.1) is 0 Å². The first kappa shape index (κ1) is 22.1. The second kappa shape index (κ2) is 10.4. The number of ether oxygens (including phenoxy) is 2. The van der Waals surface area contributed by atoms with E-state index < -0.39 is 18.1 Å². The Kier molecular flexibility index (Phi) is 7.43. The van der Waals surface area contributed by atoms with Crippen molar-refractivity contribution in [1.29, 1.82) is 0 Å². The highest BCUT2D eigenvalue weighted by atomic mass is 16.5. The van der Waals surface area contributed by atoms with Gasteiger partial charge in [0.15, 0.2) is 0 Å². The molecule has 31 heavy (non-hydrogen) atoms. The molecule has 3 aromatic rings. The minimum Gasteiger partial charge on any atom is -0.497 e. The summed E-state index contributed by atoms with van der Waals surface area (Å²) in [5, 5.41) is 2.83. The van der Waals surface area contributed by atoms with Crippen molar-refractivity contribution in [3.05, 3.63) is 83.9 Å². The molecule has 1 heterocycles. The van der Waals surface area contributed by atoms with Crippen LogP contribution in [0.1, 0.15) is 29.9 Å². The molecular formula is C24H27N3O4. The van der Waals surface area contributed by atoms with Gasteiger partial charge in [0.2, 0.25) is 5.91 Å². The number of benzene rings is 2. The predicted molar refractivity (Wildman–Crippen MR) is 117 cm³/mol. The molecule has 0 aliphatic rings. The van der Waals surface area contributed by atoms with Gasteiger partial charge >= 0.3 is 5.97 Å². The summed E-state index contributed by atoms with van der Waals surface area (Å²) < 4.78 is 11.9. The number of hydrogen-bond donors (Lipinski definition) is 1. The summed E-state index contributed by atoms with van der Waals surface area (Å²) in [4.78, 5) is 29.7. The van der Waals surface area contributed by atoms with E-state index in [1.54, 1.807) is 26.4 Å². The molecular weight excluding hydrogens is 394 g/mol. The van der Waals surface area contributed by atoms with Crippen molar-refractivity contribution in [2.75, 3.05) is 14.2 Å². The molecule has 0 saturated carbocycles. The van der Waals surface area contributed by atoms with Gasteiger partial charge in [-0.2, -0.15) is 0 Å². The molecule has 7 heteroatoms. The van der Waals surface area contributed by atoms with Crippen LogP contribution < -0.4 is 10.1 Å². The zero-order chi connectivity index (χ0) is 22.2. The Labute approximate surface area is 182 Å². The van der Waals surface area contributed by atoms with Crippen LogP contribution in [0.15, 0.2) is 67.0 Å². The van der Waals surface area contributed by atoms with E-state index in [1.165, 1.54) is 7.11 Å². The molecule has 0 spiro atoms. The Morgan fingerprint density at radius 2 is 1.74 bits per heavy atom. The number of hydrogen-bond acceptors (Lipinski definition) is 5. The molecule has 0 radical (unpaired) electrons. The number of imidazole rings is 1. The minimum absolute atomic E-state index is 0.281. The number of amides is 1. The SMILES string of the molecule is COC(=O)[C@H](Cc1ccc(OC)cc1)NC(=O)C(C)n1ccnc1Cc1ccccc1. The summed E-state index contributed by atoms with van der Waals surface area (Å²) in [7, 11) is 2.91. The van der Waals surface area contributed by atoms with E-state index in [4.69, 9.17) is 9.47 Å². The quantitative estimate of drug-likeness (QED) is 0.537. The largest absolute Gasteiger partial charge is 0.497 e. The Balaban J connectivity index is 1.71. The highest BCUT2D eigenvalue weighted by Crippen LogP contribution is 2.16. The van der Waals surface area contributed by atoms with E-state index in [-0.39, 0.29) is 5.91 Å². The van der Waals surface area contributed by atoms with E-state index in [2.05, 4.69) is 10.3 Å². The predicted octanol–water partition coefficient (Wildman–Crippen LogP) is 2.94. The first-order valence-electron chi connectivity index (χ1n) is 10.1. The molecule has 0 saturated heterocycles. The van der Waals surface area contributed by atoms with E-state index in [9.17, 15) is 9.59 Å². The van der Waals surface area contributed by atoms with Crippen molar-refractivity contribution in [3.8, 4) is 5.75 Å². The highest BCUT2D eigenvalue weighted by Gasteiger charge is 2.26. The standard InChI is InChI=1S/C24H27N3O4/c1-17(27-14-13-25-22(27)16-18-7-5-4-6-8-18)23(28)26-21(24(29)31-3)15-19-9-11-20(30-2)12-10-19/h4-14,17,21H,15-16H2,1-3H3,(H,26,28)/t17?,21-/m0/s1. The number of nitrogens with zero attached hydrogens (tertiary/aromatic N) is 2. The van der Waals surface area contributed by atoms with Gasteiger partial charge in [-0.05, 0) is 30.2 Å². The van der Waals surface area contributed by atoms with Crippen LogP contribution in [0.5, 0.6) is 5.75 Å². The van der Waals surface area contributed by atoms with Crippen LogP contribution in [0.4, 0.5) is 0 Å². The monoisotopic (exact) mass is 421 g/mol. The van der Waals surface area contributed by atoms with Gasteiger partial charge in [0.25, 0.3) is 0 Å². The lowest BCUT2D eigenvalue weighted by Gasteiger charge is -2.21. The second-order valence-corrected chi connectivity index (χ2v) is 7.23. The third-order valence-electron chi connectivity index (χ3n) is 5.15. The molecule has 2 aromatic carbocycles. The fraction of sp³-hybridized carbons (Fsp3) is 0.292. The van der Waals surface area contributed by atoms with Crippen LogP contribution in [0.25, 0.3) is 0 Å². The third kappa shape index (κ3) is 5.72. The van der Waals surface area contributed by atoms with Crippen molar-refractivity contribution in [2.24, 2.45) is 0 Å². The summed E-state index contributed by atoms with van der Waals surface area (Å²) in [5.41, 5.74) is 1.99. The smallest absolute Gasteiger partial charge is 0.328 e. The zero-order valence-electron chi connectivity index (χ0n) is 17.9. The van der Waals surface area contributed by atoms with Crippen LogP contribution >= 0.6 is 0 Å². The summed E-state index contributed by atoms with van der Waals surface area (Å²) >= 11 is 0. The maximum absolute atomic E-state index is 13.0. The molecule has 0 aliphatic carbocycles. The normalized spacial score (nSPS) is 12.6. The summed E-state index contributed by atoms with van der Waals surface area (Å²) in [6.07, 6.45) is 4.38. The van der Waals surface area contributed by atoms with Gasteiger partial charge in [-0.3, -0.25) is 4.79 Å². The van der Waals surface area contributed by atoms with Crippen molar-refractivity contribution in [1.82, 2.24) is 14.9 Å². The molecule has 1 N–H and O–H groups in total. The zero-order valence-corrected chi connectivity index (χ0v) is 17.9. The van der Waals surface area contributed by atoms with Gasteiger partial charge in [-0.1, -0.05) is 42.5 Å². The second-order valence-electron chi connectivity index (χ2n) is 7.23. The number of carbonyl (C=O) groups is 2. The molecule has 162 valence electrons. The molecule has 7 nitrogen and oxygen atoms in total. The molecule has 2 atom stereocenters. The molecule has 0 fully saturated rings. The fourth-order valence-electron chi connectivity index (χ4n) is 3.36. The first-order valence-corrected chi connectivity index (χ1v) is 10.1. The number of nitrogens with one attached hydrogen (secondary N) is 1. The van der Waals surface area contributed by atoms with Crippen LogP contribution in [-0.2, 0) is 27.2 Å². The summed E-state index contributed by atoms with van der Waals surface area (Å²) in [6, 6.07) is 16.0. The molecule has 0 bridgehead atoms. The van der Waals surface area contributed by atoms with Crippen molar-refractivity contribution in [3.63, 3.8) is 0 Å². The van der Waals surface area contributed by atoms with Gasteiger partial charge < -0.3 is 19.4 Å². The lowest BCUT2D eigenvalue weighted by atomic mass is 10.1. The number of rotatable bonds is 9. The third-order valence-corrected chi connectivity index (χ3v) is 5.15. The van der Waals surface area contributed by atoms with Crippen molar-refractivity contribution < 1.29 is 19.1 Å². The van der Waals surface area contributed by atoms with Gasteiger partial charge in [0, 0.05) is 25.2 Å². The van der Waals surface area contributed by atoms with Gasteiger partial charge in [-0.15, -0.1) is 0 Å². The Bertz CT molecular complexity index is 999.